The summed E-state index contributed by atoms with van der Waals surface area (Å²) in [7, 11) is 0. The van der Waals surface area contributed by atoms with Crippen molar-refractivity contribution in [2.45, 2.75) is 20.3 Å². The minimum atomic E-state index is -0.545. The Labute approximate surface area is 205 Å². The molecule has 1 amide bonds. The molecule has 9 heteroatoms. The Morgan fingerprint density at radius 3 is 2.40 bits per heavy atom. The number of aryl methyl sites for hydroxylation is 2. The number of hydrogen-bond donors (Lipinski definition) is 0. The predicted octanol–water partition coefficient (Wildman–Crippen LogP) is 4.10. The highest BCUT2D eigenvalue weighted by molar-refractivity contribution is 6.49. The van der Waals surface area contributed by atoms with Gasteiger partial charge in [0.2, 0.25) is 17.5 Å². The van der Waals surface area contributed by atoms with E-state index in [0.717, 1.165) is 5.69 Å². The molecule has 8 nitrogen and oxygen atoms in total. The average Bonchev–Trinajstić information content (AvgIpc) is 3.41. The van der Waals surface area contributed by atoms with Crippen LogP contribution in [0.5, 0.6) is 5.75 Å². The summed E-state index contributed by atoms with van der Waals surface area (Å²) in [5.74, 6) is -2.01. The lowest BCUT2D eigenvalue weighted by molar-refractivity contribution is -0.117. The highest BCUT2D eigenvalue weighted by Gasteiger charge is 2.37. The fraction of sp³-hybridized carbons (Fsp3) is 0.192. The number of nitrogens with zero attached hydrogens (tertiary/aromatic N) is 3. The largest absolute Gasteiger partial charge is 0.451 e. The van der Waals surface area contributed by atoms with Crippen LogP contribution in [0.1, 0.15) is 43.3 Å². The van der Waals surface area contributed by atoms with Gasteiger partial charge in [-0.1, -0.05) is 41.9 Å². The first-order chi connectivity index (χ1) is 16.7. The van der Waals surface area contributed by atoms with E-state index in [1.54, 1.807) is 56.3 Å². The molecule has 0 bridgehead atoms. The summed E-state index contributed by atoms with van der Waals surface area (Å²) in [6, 6.07) is 14.7. The Balaban J connectivity index is 1.38. The molecule has 2 aliphatic rings. The fourth-order valence-electron chi connectivity index (χ4n) is 4.39. The maximum absolute atomic E-state index is 12.9. The van der Waals surface area contributed by atoms with Crippen LogP contribution in [-0.2, 0) is 4.79 Å². The third-order valence-electron chi connectivity index (χ3n) is 6.06. The van der Waals surface area contributed by atoms with Gasteiger partial charge in [-0.2, -0.15) is 5.10 Å². The quantitative estimate of drug-likeness (QED) is 0.547. The van der Waals surface area contributed by atoms with Gasteiger partial charge in [0, 0.05) is 41.5 Å². The first-order valence-corrected chi connectivity index (χ1v) is 11.4. The number of carbonyl (C=O) groups excluding carboxylic acids is 4. The maximum atomic E-state index is 12.9. The second kappa shape index (κ2) is 8.63. The van der Waals surface area contributed by atoms with E-state index in [2.05, 4.69) is 5.10 Å². The van der Waals surface area contributed by atoms with Crippen LogP contribution in [-0.4, -0.2) is 39.7 Å². The molecular formula is C26H20ClN3O5. The van der Waals surface area contributed by atoms with E-state index in [4.69, 9.17) is 16.3 Å². The second-order valence-electron chi connectivity index (χ2n) is 8.53. The number of hydrogen-bond acceptors (Lipinski definition) is 6. The van der Waals surface area contributed by atoms with E-state index in [1.165, 1.54) is 15.6 Å². The first kappa shape index (κ1) is 22.7. The van der Waals surface area contributed by atoms with Crippen molar-refractivity contribution in [1.29, 1.82) is 0 Å². The van der Waals surface area contributed by atoms with Gasteiger partial charge < -0.3 is 9.64 Å². The van der Waals surface area contributed by atoms with Gasteiger partial charge in [0.05, 0.1) is 11.6 Å². The van der Waals surface area contributed by atoms with Gasteiger partial charge in [-0.15, -0.1) is 0 Å². The van der Waals surface area contributed by atoms with Crippen LogP contribution in [0, 0.1) is 19.8 Å². The molecule has 3 aromatic rings. The van der Waals surface area contributed by atoms with Crippen molar-refractivity contribution in [1.82, 2.24) is 9.78 Å². The van der Waals surface area contributed by atoms with E-state index in [9.17, 15) is 19.2 Å². The van der Waals surface area contributed by atoms with Crippen molar-refractivity contribution in [2.75, 3.05) is 11.4 Å². The van der Waals surface area contributed by atoms with Crippen LogP contribution < -0.4 is 9.64 Å². The van der Waals surface area contributed by atoms with E-state index in [-0.39, 0.29) is 52.4 Å². The van der Waals surface area contributed by atoms with Crippen molar-refractivity contribution in [3.63, 3.8) is 0 Å². The predicted molar refractivity (Wildman–Crippen MR) is 128 cm³/mol. The van der Waals surface area contributed by atoms with Crippen molar-refractivity contribution >= 4 is 40.7 Å². The number of benzene rings is 2. The molecule has 1 unspecified atom stereocenters. The molecular weight excluding hydrogens is 470 g/mol. The number of allylic oxidation sites excluding steroid dienone is 2. The van der Waals surface area contributed by atoms with Crippen LogP contribution in [0.2, 0.25) is 0 Å². The molecule has 1 aromatic heterocycles. The molecule has 2 aromatic carbocycles. The molecule has 0 radical (unpaired) electrons. The van der Waals surface area contributed by atoms with E-state index < -0.39 is 17.5 Å². The zero-order valence-electron chi connectivity index (χ0n) is 18.9. The van der Waals surface area contributed by atoms with E-state index in [0.29, 0.717) is 11.4 Å². The summed E-state index contributed by atoms with van der Waals surface area (Å²) in [5, 5.41) is 3.93. The van der Waals surface area contributed by atoms with Gasteiger partial charge in [-0.05, 0) is 32.0 Å². The highest BCUT2D eigenvalue weighted by Crippen LogP contribution is 2.33. The van der Waals surface area contributed by atoms with Gasteiger partial charge >= 0.3 is 0 Å². The number of ketones is 2. The molecule has 1 saturated heterocycles. The minimum absolute atomic E-state index is 0.0586. The van der Waals surface area contributed by atoms with E-state index in [1.807, 2.05) is 6.07 Å². The van der Waals surface area contributed by atoms with Crippen molar-refractivity contribution < 1.29 is 23.9 Å². The molecule has 0 saturated carbocycles. The summed E-state index contributed by atoms with van der Waals surface area (Å²) in [6.45, 7) is 3.79. The van der Waals surface area contributed by atoms with Gasteiger partial charge in [0.1, 0.15) is 10.8 Å². The summed E-state index contributed by atoms with van der Waals surface area (Å²) >= 11 is 6.20. The summed E-state index contributed by atoms with van der Waals surface area (Å²) in [5.41, 5.74) is 2.39. The van der Waals surface area contributed by atoms with E-state index >= 15 is 0 Å². The van der Waals surface area contributed by atoms with Crippen LogP contribution in [0.15, 0.2) is 65.4 Å². The Morgan fingerprint density at radius 2 is 1.71 bits per heavy atom. The molecule has 5 rings (SSSR count). The number of halogens is 1. The standard InChI is InChI=1S/C26H20ClN3O5/c1-14-10-15(2)30(28-14)26(34)16-11-21(31)29(13-16)17-6-5-7-18(12-17)35-25-22(27)23(32)19-8-3-4-9-20(19)24(25)33/h3-10,12,16H,11,13H2,1-2H3. The number of ether oxygens (including phenoxy) is 1. The molecule has 35 heavy (non-hydrogen) atoms. The van der Waals surface area contributed by atoms with Crippen molar-refractivity contribution in [2.24, 2.45) is 5.92 Å². The Bertz CT molecular complexity index is 1450. The number of aromatic nitrogens is 2. The number of rotatable bonds is 4. The molecule has 0 N–H and O–H groups in total. The molecule has 1 fully saturated rings. The SMILES string of the molecule is Cc1cc(C)n(C(=O)C2CC(=O)N(c3cccc(OC4=C(Cl)C(=O)c5ccccc5C4=O)c3)C2)n1. The summed E-state index contributed by atoms with van der Waals surface area (Å²) in [4.78, 5) is 52.7. The summed E-state index contributed by atoms with van der Waals surface area (Å²) < 4.78 is 7.10. The second-order valence-corrected chi connectivity index (χ2v) is 8.91. The highest BCUT2D eigenvalue weighted by atomic mass is 35.5. The van der Waals surface area contributed by atoms with Gasteiger partial charge in [-0.3, -0.25) is 19.2 Å². The Kier molecular flexibility index (Phi) is 5.61. The van der Waals surface area contributed by atoms with Gasteiger partial charge in [-0.25, -0.2) is 4.68 Å². The lowest BCUT2D eigenvalue weighted by atomic mass is 9.93. The Hall–Kier alpha value is -4.04. The molecule has 2 heterocycles. The molecule has 1 aliphatic carbocycles. The third kappa shape index (κ3) is 3.95. The summed E-state index contributed by atoms with van der Waals surface area (Å²) in [6.07, 6.45) is 0.0586. The molecule has 1 atom stereocenters. The van der Waals surface area contributed by atoms with Crippen molar-refractivity contribution in [3.05, 3.63) is 87.9 Å². The number of carbonyl (C=O) groups is 4. The number of Topliss-reactive ketones (excluding diaryl/α,β-unsaturated/α-hetero) is 2. The van der Waals surface area contributed by atoms with Crippen LogP contribution in [0.25, 0.3) is 0 Å². The number of fused-ring (bicyclic) bond motifs is 1. The molecule has 0 spiro atoms. The fourth-order valence-corrected chi connectivity index (χ4v) is 4.62. The Morgan fingerprint density at radius 1 is 1.00 bits per heavy atom. The molecule has 176 valence electrons. The third-order valence-corrected chi connectivity index (χ3v) is 6.41. The lowest BCUT2D eigenvalue weighted by Gasteiger charge is -2.20. The van der Waals surface area contributed by atoms with Crippen LogP contribution in [0.4, 0.5) is 5.69 Å². The first-order valence-electron chi connectivity index (χ1n) is 11.0. The zero-order valence-corrected chi connectivity index (χ0v) is 19.7. The van der Waals surface area contributed by atoms with Gasteiger partial charge in [0.25, 0.3) is 5.91 Å². The number of amides is 1. The van der Waals surface area contributed by atoms with Crippen LogP contribution in [0.3, 0.4) is 0 Å². The lowest BCUT2D eigenvalue weighted by Crippen LogP contribution is -2.28. The monoisotopic (exact) mass is 489 g/mol. The maximum Gasteiger partial charge on any atom is 0.252 e. The van der Waals surface area contributed by atoms with Crippen LogP contribution >= 0.6 is 11.6 Å². The smallest absolute Gasteiger partial charge is 0.252 e. The topological polar surface area (TPSA) is 98.6 Å². The minimum Gasteiger partial charge on any atom is -0.451 e. The van der Waals surface area contributed by atoms with Gasteiger partial charge in [0.15, 0.2) is 5.76 Å². The van der Waals surface area contributed by atoms with Crippen molar-refractivity contribution in [3.8, 4) is 5.75 Å². The zero-order chi connectivity index (χ0) is 24.9. The average molecular weight is 490 g/mol. The normalized spacial score (nSPS) is 17.7. The molecule has 1 aliphatic heterocycles. The number of anilines is 1.